The van der Waals surface area contributed by atoms with E-state index in [-0.39, 0.29) is 53.3 Å². The number of benzene rings is 4. The van der Waals surface area contributed by atoms with E-state index in [2.05, 4.69) is 15.6 Å². The summed E-state index contributed by atoms with van der Waals surface area (Å²) in [6, 6.07) is 27.1. The first-order valence-corrected chi connectivity index (χ1v) is 16.9. The predicted molar refractivity (Wildman–Crippen MR) is 194 cm³/mol. The summed E-state index contributed by atoms with van der Waals surface area (Å²) >= 11 is 1.35. The molecule has 2 heterocycles. The molecule has 0 saturated carbocycles. The van der Waals surface area contributed by atoms with Crippen LogP contribution in [0.3, 0.4) is 0 Å². The van der Waals surface area contributed by atoms with E-state index in [9.17, 15) is 34.8 Å². The normalized spacial score (nSPS) is 13.0. The number of thiophene rings is 1. The number of nitrogens with one attached hydrogen (secondary N) is 3. The Morgan fingerprint density at radius 1 is 0.942 bits per heavy atom. The molecule has 0 aliphatic rings. The predicted octanol–water partition coefficient (Wildman–Crippen LogP) is 5.18. The number of amides is 1. The number of ether oxygens (including phenoxy) is 1. The number of halogens is 1. The van der Waals surface area contributed by atoms with Gasteiger partial charge in [-0.2, -0.15) is 0 Å². The molecule has 2 aromatic heterocycles. The summed E-state index contributed by atoms with van der Waals surface area (Å²) in [7, 11) is 1.29. The fourth-order valence-electron chi connectivity index (χ4n) is 6.02. The van der Waals surface area contributed by atoms with Crippen molar-refractivity contribution in [2.24, 2.45) is 0 Å². The Labute approximate surface area is 300 Å². The van der Waals surface area contributed by atoms with Gasteiger partial charge in [0.1, 0.15) is 5.75 Å². The third kappa shape index (κ3) is 7.16. The van der Waals surface area contributed by atoms with Crippen molar-refractivity contribution in [3.63, 3.8) is 0 Å². The van der Waals surface area contributed by atoms with Gasteiger partial charge >= 0.3 is 5.97 Å². The minimum absolute atomic E-state index is 0.0482. The fraction of sp³-hybridized carbons (Fsp3) is 0.154. The lowest BCUT2D eigenvalue weighted by atomic mass is 9.85. The molecule has 13 heteroatoms. The number of aromatic nitrogens is 1. The number of hydrogen-bond acceptors (Lipinski definition) is 9. The highest BCUT2D eigenvalue weighted by atomic mass is 32.1. The van der Waals surface area contributed by atoms with Crippen molar-refractivity contribution in [3.05, 3.63) is 152 Å². The van der Waals surface area contributed by atoms with Crippen molar-refractivity contribution < 1.29 is 39.1 Å². The summed E-state index contributed by atoms with van der Waals surface area (Å²) in [4.78, 5) is 41.1. The Morgan fingerprint density at radius 3 is 2.46 bits per heavy atom. The Bertz CT molecular complexity index is 2330. The van der Waals surface area contributed by atoms with Gasteiger partial charge in [0.05, 0.1) is 30.8 Å². The molecule has 7 N–H and O–H groups in total. The Morgan fingerprint density at radius 2 is 1.71 bits per heavy atom. The number of carboxylic acids is 1. The zero-order valence-electron chi connectivity index (χ0n) is 27.7. The number of rotatable bonds is 13. The number of aliphatic carboxylic acids is 1. The molecule has 266 valence electrons. The van der Waals surface area contributed by atoms with E-state index < -0.39 is 35.0 Å². The maximum Gasteiger partial charge on any atom is 0.345 e. The van der Waals surface area contributed by atoms with Crippen LogP contribution in [0.4, 0.5) is 4.39 Å². The van der Waals surface area contributed by atoms with Gasteiger partial charge in [-0.25, -0.2) is 9.18 Å². The second-order valence-electron chi connectivity index (χ2n) is 12.0. The molecule has 0 fully saturated rings. The molecule has 4 aromatic carbocycles. The molecule has 0 spiro atoms. The van der Waals surface area contributed by atoms with Crippen LogP contribution >= 0.6 is 11.3 Å². The lowest BCUT2D eigenvalue weighted by molar-refractivity contribution is -0.155. The summed E-state index contributed by atoms with van der Waals surface area (Å²) in [6.45, 7) is 0.238. The number of phenolic OH excluding ortho intramolecular Hbond substituents is 1. The summed E-state index contributed by atoms with van der Waals surface area (Å²) < 4.78 is 20.9. The third-order valence-electron chi connectivity index (χ3n) is 8.70. The second kappa shape index (κ2) is 15.2. The number of carboxylic acid groups (broad SMARTS) is 1. The fourth-order valence-corrected chi connectivity index (χ4v) is 6.96. The maximum absolute atomic E-state index is 15.6. The summed E-state index contributed by atoms with van der Waals surface area (Å²) in [5.74, 6) is -3.16. The minimum Gasteiger partial charge on any atom is -0.506 e. The molecule has 6 aromatic rings. The van der Waals surface area contributed by atoms with Crippen molar-refractivity contribution in [3.8, 4) is 21.9 Å². The highest BCUT2D eigenvalue weighted by Crippen LogP contribution is 2.35. The average molecular weight is 724 g/mol. The Balaban J connectivity index is 1.10. The SMILES string of the molecule is COc1c(CNC[C@H](O)c2ccc(O)c3[nH]c(=O)ccc23)ccc(C(=O)NCc2ccc(-c3cccc([C@](O)(C(=O)O)c4ccccc4)c3)s2)c1F. The molecule has 0 unspecified atom stereocenters. The topological polar surface area (TPSA) is 181 Å². The molecule has 6 rings (SSSR count). The molecule has 52 heavy (non-hydrogen) atoms. The Kier molecular flexibility index (Phi) is 10.5. The number of fused-ring (bicyclic) bond motifs is 1. The van der Waals surface area contributed by atoms with E-state index in [1.165, 1.54) is 42.7 Å². The zero-order chi connectivity index (χ0) is 37.0. The van der Waals surface area contributed by atoms with Crippen LogP contribution in [0.25, 0.3) is 21.3 Å². The van der Waals surface area contributed by atoms with Gasteiger partial charge in [0.2, 0.25) is 11.2 Å². The van der Waals surface area contributed by atoms with Gasteiger partial charge in [0.25, 0.3) is 5.91 Å². The van der Waals surface area contributed by atoms with Gasteiger partial charge in [0, 0.05) is 45.4 Å². The van der Waals surface area contributed by atoms with E-state index in [1.807, 2.05) is 6.07 Å². The summed E-state index contributed by atoms with van der Waals surface area (Å²) in [5, 5.41) is 48.5. The van der Waals surface area contributed by atoms with Crippen LogP contribution in [0.15, 0.2) is 108 Å². The number of aromatic amines is 1. The van der Waals surface area contributed by atoms with Crippen LogP contribution in [0.5, 0.6) is 11.5 Å². The van der Waals surface area contributed by atoms with E-state index in [4.69, 9.17) is 4.74 Å². The summed E-state index contributed by atoms with van der Waals surface area (Å²) in [5.41, 5.74) is -0.678. The van der Waals surface area contributed by atoms with Gasteiger partial charge in [-0.3, -0.25) is 9.59 Å². The maximum atomic E-state index is 15.6. The standard InChI is InChI=1S/C39H34FN3O8S/c1-51-36-23(19-41-21-31(45)27-13-15-30(44)35-28(27)14-17-33(46)43-35)10-12-29(34(36)40)37(47)42-20-26-11-16-32(52-26)22-6-5-9-25(18-22)39(50,38(48)49)24-7-3-2-4-8-24/h2-18,31,41,44-45,50H,19-21H2,1H3,(H,42,47)(H,43,46)(H,48,49)/t31-,39-/m0/s1. The van der Waals surface area contributed by atoms with Crippen LogP contribution in [-0.2, 0) is 23.5 Å². The molecule has 0 radical (unpaired) electrons. The molecule has 0 bridgehead atoms. The number of methoxy groups -OCH3 is 1. The van der Waals surface area contributed by atoms with Gasteiger partial charge < -0.3 is 40.8 Å². The highest BCUT2D eigenvalue weighted by molar-refractivity contribution is 7.15. The highest BCUT2D eigenvalue weighted by Gasteiger charge is 2.40. The monoisotopic (exact) mass is 723 g/mol. The lowest BCUT2D eigenvalue weighted by Gasteiger charge is -2.25. The Hall–Kier alpha value is -5.86. The number of aliphatic hydroxyl groups is 2. The van der Waals surface area contributed by atoms with Crippen molar-refractivity contribution in [1.29, 1.82) is 0 Å². The number of carbonyl (C=O) groups excluding carboxylic acids is 1. The smallest absolute Gasteiger partial charge is 0.345 e. The van der Waals surface area contributed by atoms with Crippen molar-refractivity contribution >= 4 is 34.1 Å². The minimum atomic E-state index is -2.25. The molecule has 0 saturated heterocycles. The molecule has 11 nitrogen and oxygen atoms in total. The van der Waals surface area contributed by atoms with Gasteiger partial charge in [-0.05, 0) is 53.1 Å². The van der Waals surface area contributed by atoms with Crippen molar-refractivity contribution in [2.75, 3.05) is 13.7 Å². The van der Waals surface area contributed by atoms with Gasteiger partial charge in [0.15, 0.2) is 11.6 Å². The number of hydrogen-bond donors (Lipinski definition) is 7. The van der Waals surface area contributed by atoms with Gasteiger partial charge in [-0.1, -0.05) is 60.7 Å². The van der Waals surface area contributed by atoms with E-state index in [0.717, 1.165) is 9.75 Å². The average Bonchev–Trinajstić information content (AvgIpc) is 3.63. The molecule has 0 aliphatic carbocycles. The zero-order valence-corrected chi connectivity index (χ0v) is 28.5. The lowest BCUT2D eigenvalue weighted by Crippen LogP contribution is -2.36. The largest absolute Gasteiger partial charge is 0.506 e. The quantitative estimate of drug-likeness (QED) is 0.0845. The first-order chi connectivity index (χ1) is 25.0. The number of aromatic hydroxyl groups is 1. The molecular formula is C39H34FN3O8S. The van der Waals surface area contributed by atoms with Crippen LogP contribution < -0.4 is 20.9 Å². The number of carbonyl (C=O) groups is 2. The van der Waals surface area contributed by atoms with Gasteiger partial charge in [-0.15, -0.1) is 11.3 Å². The van der Waals surface area contributed by atoms with E-state index in [0.29, 0.717) is 22.1 Å². The summed E-state index contributed by atoms with van der Waals surface area (Å²) in [6.07, 6.45) is -1.03. The molecular weight excluding hydrogens is 690 g/mol. The number of phenols is 1. The van der Waals surface area contributed by atoms with E-state index in [1.54, 1.807) is 72.8 Å². The first-order valence-electron chi connectivity index (χ1n) is 16.1. The van der Waals surface area contributed by atoms with Crippen LogP contribution in [-0.4, -0.2) is 50.9 Å². The van der Waals surface area contributed by atoms with Crippen molar-refractivity contribution in [1.82, 2.24) is 15.6 Å². The third-order valence-corrected chi connectivity index (χ3v) is 9.83. The molecule has 0 aliphatic heterocycles. The van der Waals surface area contributed by atoms with E-state index >= 15 is 4.39 Å². The molecule has 2 atom stereocenters. The van der Waals surface area contributed by atoms with Crippen LogP contribution in [0.2, 0.25) is 0 Å². The van der Waals surface area contributed by atoms with Crippen LogP contribution in [0, 0.1) is 5.82 Å². The molecule has 1 amide bonds. The number of aliphatic hydroxyl groups excluding tert-OH is 1. The van der Waals surface area contributed by atoms with Crippen LogP contribution in [0.1, 0.15) is 43.6 Å². The van der Waals surface area contributed by atoms with Crippen molar-refractivity contribution in [2.45, 2.75) is 24.8 Å². The number of H-pyrrole nitrogens is 1. The number of pyridine rings is 1. The first kappa shape index (κ1) is 35.9. The second-order valence-corrected chi connectivity index (χ2v) is 13.1.